The van der Waals surface area contributed by atoms with Crippen molar-refractivity contribution < 1.29 is 34.1 Å². The highest BCUT2D eigenvalue weighted by Gasteiger charge is 2.32. The van der Waals surface area contributed by atoms with Gasteiger partial charge in [0.15, 0.2) is 0 Å². The van der Waals surface area contributed by atoms with Crippen molar-refractivity contribution in [3.8, 4) is 17.2 Å². The molecule has 0 radical (unpaired) electrons. The second-order valence-corrected chi connectivity index (χ2v) is 16.5. The number of rotatable bonds is 10. The fourth-order valence-electron chi connectivity index (χ4n) is 9.21. The van der Waals surface area contributed by atoms with Crippen molar-refractivity contribution >= 4 is 45.9 Å². The van der Waals surface area contributed by atoms with E-state index in [0.29, 0.717) is 108 Å². The number of phenols is 3. The Kier molecular flexibility index (Phi) is 11.5. The lowest BCUT2D eigenvalue weighted by molar-refractivity contribution is -0.132. The van der Waals surface area contributed by atoms with Gasteiger partial charge in [0.05, 0.1) is 17.8 Å². The number of carbonyl (C=O) groups is 3. The van der Waals surface area contributed by atoms with Gasteiger partial charge >= 0.3 is 0 Å². The van der Waals surface area contributed by atoms with Crippen molar-refractivity contribution in [1.29, 1.82) is 0 Å². The van der Waals surface area contributed by atoms with Gasteiger partial charge in [-0.1, -0.05) is 43.0 Å². The van der Waals surface area contributed by atoms with Crippen LogP contribution in [-0.4, -0.2) is 128 Å². The van der Waals surface area contributed by atoms with Gasteiger partial charge in [-0.25, -0.2) is 9.37 Å². The summed E-state index contributed by atoms with van der Waals surface area (Å²) in [7, 11) is 0. The van der Waals surface area contributed by atoms with E-state index in [2.05, 4.69) is 32.7 Å². The first-order valence-corrected chi connectivity index (χ1v) is 21.4. The van der Waals surface area contributed by atoms with E-state index in [4.69, 9.17) is 9.97 Å². The molecule has 0 bridgehead atoms. The molecule has 5 heterocycles. The quantitative estimate of drug-likeness (QED) is 0.145. The van der Waals surface area contributed by atoms with Crippen LogP contribution >= 0.6 is 0 Å². The summed E-state index contributed by atoms with van der Waals surface area (Å²) in [5.41, 5.74) is 4.60. The van der Waals surface area contributed by atoms with Crippen LogP contribution in [0.4, 0.5) is 21.8 Å². The zero-order valence-electron chi connectivity index (χ0n) is 35.0. The molecule has 3 amide bonds. The SMILES string of the molecule is C=CC(=O)N1CCN(c2nc(NCCC(=O)N3CCN(Cc4ccc5c(c4F)CN(C(=O)c4ccc(O)cc4O)C5)CC3)nc3c2CCN(c2cc(O)cc4ccccc24)C3)CC1. The molecule has 1 aromatic heterocycles. The molecule has 0 atom stereocenters. The summed E-state index contributed by atoms with van der Waals surface area (Å²) in [5, 5.41) is 35.8. The molecule has 4 aromatic carbocycles. The second-order valence-electron chi connectivity index (χ2n) is 16.5. The number of phenolic OH excluding ortho intramolecular Hbond substituents is 3. The van der Waals surface area contributed by atoms with Gasteiger partial charge in [-0.05, 0) is 41.6 Å². The Bertz CT molecular complexity index is 2610. The summed E-state index contributed by atoms with van der Waals surface area (Å²) in [5.74, 6) is 0.0909. The highest BCUT2D eigenvalue weighted by atomic mass is 19.1. The molecule has 0 saturated carbocycles. The Morgan fingerprint density at radius 1 is 0.762 bits per heavy atom. The van der Waals surface area contributed by atoms with Crippen LogP contribution in [0.15, 0.2) is 79.4 Å². The Hall–Kier alpha value is -6.94. The molecule has 0 unspecified atom stereocenters. The van der Waals surface area contributed by atoms with E-state index in [9.17, 15) is 29.7 Å². The van der Waals surface area contributed by atoms with E-state index in [1.807, 2.05) is 29.2 Å². The molecule has 4 aliphatic rings. The molecule has 9 rings (SSSR count). The maximum absolute atomic E-state index is 15.9. The summed E-state index contributed by atoms with van der Waals surface area (Å²) in [6, 6.07) is 19.0. The summed E-state index contributed by atoms with van der Waals surface area (Å²) >= 11 is 0. The van der Waals surface area contributed by atoms with Gasteiger partial charge in [-0.3, -0.25) is 19.3 Å². The Morgan fingerprint density at radius 3 is 2.32 bits per heavy atom. The molecule has 2 fully saturated rings. The predicted octanol–water partition coefficient (Wildman–Crippen LogP) is 4.59. The normalized spacial score (nSPS) is 16.6. The highest BCUT2D eigenvalue weighted by Crippen LogP contribution is 2.37. The highest BCUT2D eigenvalue weighted by molar-refractivity contribution is 5.97. The van der Waals surface area contributed by atoms with E-state index in [1.165, 1.54) is 23.1 Å². The van der Waals surface area contributed by atoms with Gasteiger partial charge in [0.25, 0.3) is 5.91 Å². The third-order valence-electron chi connectivity index (χ3n) is 12.6. The average molecular weight is 856 g/mol. The summed E-state index contributed by atoms with van der Waals surface area (Å²) in [4.78, 5) is 60.6. The lowest BCUT2D eigenvalue weighted by atomic mass is 10.0. The molecule has 2 saturated heterocycles. The molecule has 0 spiro atoms. The number of hydrogen-bond acceptors (Lipinski definition) is 12. The Morgan fingerprint density at radius 2 is 1.54 bits per heavy atom. The third-order valence-corrected chi connectivity index (χ3v) is 12.6. The molecule has 326 valence electrons. The summed E-state index contributed by atoms with van der Waals surface area (Å²) < 4.78 is 15.9. The van der Waals surface area contributed by atoms with Gasteiger partial charge in [0.1, 0.15) is 28.9 Å². The van der Waals surface area contributed by atoms with Crippen LogP contribution in [0, 0.1) is 5.82 Å². The fraction of sp³-hybridized carbons (Fsp3) is 0.340. The first kappa shape index (κ1) is 41.4. The molecule has 0 aliphatic carbocycles. The maximum atomic E-state index is 15.9. The molecule has 4 N–H and O–H groups in total. The number of amides is 3. The lowest BCUT2D eigenvalue weighted by Gasteiger charge is -2.38. The molecular weight excluding hydrogens is 806 g/mol. The van der Waals surface area contributed by atoms with Gasteiger partial charge < -0.3 is 45.1 Å². The number of carbonyl (C=O) groups excluding carboxylic acids is 3. The molecule has 15 nitrogen and oxygen atoms in total. The monoisotopic (exact) mass is 855 g/mol. The van der Waals surface area contributed by atoms with E-state index < -0.39 is 5.91 Å². The number of benzene rings is 4. The van der Waals surface area contributed by atoms with E-state index >= 15 is 4.39 Å². The van der Waals surface area contributed by atoms with Gasteiger partial charge in [-0.2, -0.15) is 4.98 Å². The molecule has 5 aromatic rings. The summed E-state index contributed by atoms with van der Waals surface area (Å²) in [6.45, 7) is 10.3. The minimum Gasteiger partial charge on any atom is -0.508 e. The number of aromatic hydroxyl groups is 3. The summed E-state index contributed by atoms with van der Waals surface area (Å²) in [6.07, 6.45) is 2.27. The number of nitrogens with zero attached hydrogens (tertiary/aromatic N) is 8. The number of anilines is 3. The number of fused-ring (bicyclic) bond motifs is 3. The van der Waals surface area contributed by atoms with Crippen molar-refractivity contribution in [2.45, 2.75) is 39.0 Å². The zero-order valence-corrected chi connectivity index (χ0v) is 35.0. The Labute approximate surface area is 364 Å². The minimum atomic E-state index is -0.444. The number of halogens is 1. The average Bonchev–Trinajstić information content (AvgIpc) is 3.74. The largest absolute Gasteiger partial charge is 0.508 e. The van der Waals surface area contributed by atoms with Crippen molar-refractivity contribution in [3.63, 3.8) is 0 Å². The lowest BCUT2D eigenvalue weighted by Crippen LogP contribution is -2.49. The van der Waals surface area contributed by atoms with Crippen LogP contribution in [-0.2, 0) is 42.2 Å². The molecular formula is C47H50FN9O6. The number of piperazine rings is 2. The van der Waals surface area contributed by atoms with Crippen LogP contribution in [0.25, 0.3) is 10.8 Å². The van der Waals surface area contributed by atoms with Crippen LogP contribution in [0.1, 0.15) is 44.7 Å². The standard InChI is InChI=1S/C47H50FN9O6/c1-2-42(61)53-19-21-55(22-20-53)45-36-12-14-56(40-24-34(59)23-30-5-3-4-6-35(30)40)29-39(36)50-47(51-45)49-13-11-43(62)54-17-15-52(16-18-54)26-32-8-7-31-27-57(28-38(31)44(32)48)46(63)37-10-9-33(58)25-41(37)60/h2-10,23-25,58-60H,1,11-22,26-29H2,(H,49,50,51). The first-order valence-electron chi connectivity index (χ1n) is 21.4. The number of nitrogens with one attached hydrogen (secondary N) is 1. The van der Waals surface area contributed by atoms with Crippen molar-refractivity contribution in [2.24, 2.45) is 0 Å². The van der Waals surface area contributed by atoms with Crippen LogP contribution in [0.2, 0.25) is 0 Å². The van der Waals surface area contributed by atoms with Gasteiger partial charge in [0, 0.05) is 131 Å². The van der Waals surface area contributed by atoms with Gasteiger partial charge in [-0.15, -0.1) is 0 Å². The molecule has 63 heavy (non-hydrogen) atoms. The zero-order chi connectivity index (χ0) is 43.8. The topological polar surface area (TPSA) is 169 Å². The Balaban J connectivity index is 0.822. The molecule has 4 aliphatic heterocycles. The van der Waals surface area contributed by atoms with E-state index in [-0.39, 0.29) is 60.0 Å². The maximum Gasteiger partial charge on any atom is 0.258 e. The third kappa shape index (κ3) is 8.50. The van der Waals surface area contributed by atoms with Crippen molar-refractivity contribution in [2.75, 3.05) is 80.6 Å². The van der Waals surface area contributed by atoms with E-state index in [0.717, 1.165) is 39.6 Å². The van der Waals surface area contributed by atoms with Crippen LogP contribution in [0.5, 0.6) is 17.2 Å². The molecule has 16 heteroatoms. The van der Waals surface area contributed by atoms with Crippen LogP contribution < -0.4 is 15.1 Å². The second kappa shape index (κ2) is 17.4. The van der Waals surface area contributed by atoms with Crippen LogP contribution in [0.3, 0.4) is 0 Å². The number of hydrogen-bond donors (Lipinski definition) is 4. The van der Waals surface area contributed by atoms with Crippen molar-refractivity contribution in [3.05, 3.63) is 119 Å². The van der Waals surface area contributed by atoms with Gasteiger partial charge in [0.2, 0.25) is 17.8 Å². The fourth-order valence-corrected chi connectivity index (χ4v) is 9.21. The predicted molar refractivity (Wildman–Crippen MR) is 236 cm³/mol. The minimum absolute atomic E-state index is 0.00147. The van der Waals surface area contributed by atoms with Crippen molar-refractivity contribution in [1.82, 2.24) is 29.6 Å². The van der Waals surface area contributed by atoms with E-state index in [1.54, 1.807) is 23.1 Å². The number of aromatic nitrogens is 2. The smallest absolute Gasteiger partial charge is 0.258 e. The first-order chi connectivity index (χ1) is 30.5.